The summed E-state index contributed by atoms with van der Waals surface area (Å²) in [4.78, 5) is 0. The maximum atomic E-state index is 6.07. The van der Waals surface area contributed by atoms with Crippen molar-refractivity contribution < 1.29 is 9.47 Å². The average Bonchev–Trinajstić information content (AvgIpc) is 2.27. The summed E-state index contributed by atoms with van der Waals surface area (Å²) in [7, 11) is 0. The summed E-state index contributed by atoms with van der Waals surface area (Å²) in [5.41, 5.74) is 7.18. The molecule has 0 bridgehead atoms. The van der Waals surface area contributed by atoms with E-state index in [0.29, 0.717) is 19.1 Å². The van der Waals surface area contributed by atoms with Crippen molar-refractivity contribution in [3.05, 3.63) is 23.8 Å². The molecule has 0 saturated carbocycles. The smallest absolute Gasteiger partial charge is 0.161 e. The number of hydrogen-bond donors (Lipinski definition) is 1. The molecule has 0 radical (unpaired) electrons. The van der Waals surface area contributed by atoms with E-state index in [1.54, 1.807) is 0 Å². The van der Waals surface area contributed by atoms with Crippen molar-refractivity contribution in [2.45, 2.75) is 19.9 Å². The van der Waals surface area contributed by atoms with Crippen LogP contribution in [0.5, 0.6) is 11.5 Å². The van der Waals surface area contributed by atoms with Gasteiger partial charge in [0.05, 0.1) is 0 Å². The highest BCUT2D eigenvalue weighted by atomic mass is 16.6. The Morgan fingerprint density at radius 1 is 1.13 bits per heavy atom. The number of rotatable bonds is 2. The summed E-state index contributed by atoms with van der Waals surface area (Å²) in [6, 6.07) is 5.99. The van der Waals surface area contributed by atoms with Gasteiger partial charge in [-0.3, -0.25) is 0 Å². The van der Waals surface area contributed by atoms with Gasteiger partial charge in [-0.05, 0) is 23.6 Å². The molecular formula is C12H17NO2. The normalized spacial score (nSPS) is 16.5. The Bertz CT molecular complexity index is 349. The monoisotopic (exact) mass is 207 g/mol. The molecule has 1 aromatic rings. The van der Waals surface area contributed by atoms with Crippen LogP contribution in [-0.4, -0.2) is 13.2 Å². The van der Waals surface area contributed by atoms with E-state index in [4.69, 9.17) is 15.2 Å². The summed E-state index contributed by atoms with van der Waals surface area (Å²) in [6.45, 7) is 5.47. The van der Waals surface area contributed by atoms with Crippen LogP contribution in [0, 0.1) is 5.92 Å². The molecule has 3 nitrogen and oxygen atoms in total. The topological polar surface area (TPSA) is 44.5 Å². The minimum Gasteiger partial charge on any atom is -0.486 e. The van der Waals surface area contributed by atoms with Gasteiger partial charge >= 0.3 is 0 Å². The van der Waals surface area contributed by atoms with Crippen LogP contribution in [0.3, 0.4) is 0 Å². The van der Waals surface area contributed by atoms with Crippen LogP contribution in [0.2, 0.25) is 0 Å². The Morgan fingerprint density at radius 2 is 1.80 bits per heavy atom. The third-order valence-electron chi connectivity index (χ3n) is 2.67. The minimum atomic E-state index is 0.0563. The van der Waals surface area contributed by atoms with Gasteiger partial charge in [-0.15, -0.1) is 0 Å². The molecule has 1 aliphatic rings. The highest BCUT2D eigenvalue weighted by Crippen LogP contribution is 2.33. The van der Waals surface area contributed by atoms with Crippen molar-refractivity contribution in [2.24, 2.45) is 11.7 Å². The fourth-order valence-electron chi connectivity index (χ4n) is 1.65. The zero-order valence-corrected chi connectivity index (χ0v) is 9.19. The molecule has 0 spiro atoms. The van der Waals surface area contributed by atoms with Gasteiger partial charge < -0.3 is 15.2 Å². The summed E-state index contributed by atoms with van der Waals surface area (Å²) in [5, 5.41) is 0. The number of nitrogens with two attached hydrogens (primary N) is 1. The first-order chi connectivity index (χ1) is 7.18. The van der Waals surface area contributed by atoms with E-state index in [-0.39, 0.29) is 6.04 Å². The Kier molecular flexibility index (Phi) is 2.82. The maximum Gasteiger partial charge on any atom is 0.161 e. The summed E-state index contributed by atoms with van der Waals surface area (Å²) >= 11 is 0. The molecule has 2 rings (SSSR count). The summed E-state index contributed by atoms with van der Waals surface area (Å²) in [6.07, 6.45) is 0. The standard InChI is InChI=1S/C12H17NO2/c1-8(2)12(13)9-3-4-10-11(7-9)15-6-5-14-10/h3-4,7-8,12H,5-6,13H2,1-2H3. The molecule has 1 atom stereocenters. The van der Waals surface area contributed by atoms with Crippen LogP contribution in [0.25, 0.3) is 0 Å². The van der Waals surface area contributed by atoms with Gasteiger partial charge in [-0.1, -0.05) is 19.9 Å². The zero-order valence-electron chi connectivity index (χ0n) is 9.19. The van der Waals surface area contributed by atoms with E-state index in [2.05, 4.69) is 13.8 Å². The zero-order chi connectivity index (χ0) is 10.8. The van der Waals surface area contributed by atoms with Gasteiger partial charge in [0, 0.05) is 6.04 Å². The lowest BCUT2D eigenvalue weighted by Gasteiger charge is -2.21. The molecule has 1 aromatic carbocycles. The number of fused-ring (bicyclic) bond motifs is 1. The number of ether oxygens (including phenoxy) is 2. The second kappa shape index (κ2) is 4.11. The predicted octanol–water partition coefficient (Wildman–Crippen LogP) is 2.11. The van der Waals surface area contributed by atoms with Gasteiger partial charge in [0.15, 0.2) is 11.5 Å². The molecule has 0 fully saturated rings. The van der Waals surface area contributed by atoms with Gasteiger partial charge in [-0.2, -0.15) is 0 Å². The van der Waals surface area contributed by atoms with Crippen LogP contribution < -0.4 is 15.2 Å². The lowest BCUT2D eigenvalue weighted by atomic mass is 9.97. The molecule has 2 N–H and O–H groups in total. The van der Waals surface area contributed by atoms with Crippen molar-refractivity contribution in [2.75, 3.05) is 13.2 Å². The summed E-state index contributed by atoms with van der Waals surface area (Å²) < 4.78 is 11.0. The van der Waals surface area contributed by atoms with Gasteiger partial charge in [0.1, 0.15) is 13.2 Å². The molecule has 1 aliphatic heterocycles. The molecule has 15 heavy (non-hydrogen) atoms. The highest BCUT2D eigenvalue weighted by molar-refractivity contribution is 5.44. The van der Waals surface area contributed by atoms with E-state index in [1.165, 1.54) is 0 Å². The van der Waals surface area contributed by atoms with Crippen molar-refractivity contribution in [3.8, 4) is 11.5 Å². The maximum absolute atomic E-state index is 6.07. The third kappa shape index (κ3) is 2.07. The van der Waals surface area contributed by atoms with Crippen LogP contribution >= 0.6 is 0 Å². The van der Waals surface area contributed by atoms with Gasteiger partial charge in [-0.25, -0.2) is 0 Å². The van der Waals surface area contributed by atoms with Crippen LogP contribution in [0.4, 0.5) is 0 Å². The Hall–Kier alpha value is -1.22. The van der Waals surface area contributed by atoms with Crippen molar-refractivity contribution >= 4 is 0 Å². The second-order valence-electron chi connectivity index (χ2n) is 4.17. The quantitative estimate of drug-likeness (QED) is 0.807. The first kappa shape index (κ1) is 10.3. The van der Waals surface area contributed by atoms with Crippen LogP contribution in [0.15, 0.2) is 18.2 Å². The first-order valence-electron chi connectivity index (χ1n) is 5.33. The fourth-order valence-corrected chi connectivity index (χ4v) is 1.65. The lowest BCUT2D eigenvalue weighted by molar-refractivity contribution is 0.171. The van der Waals surface area contributed by atoms with E-state index < -0.39 is 0 Å². The highest BCUT2D eigenvalue weighted by Gasteiger charge is 2.16. The molecule has 1 heterocycles. The van der Waals surface area contributed by atoms with Crippen LogP contribution in [-0.2, 0) is 0 Å². The minimum absolute atomic E-state index is 0.0563. The average molecular weight is 207 g/mol. The van der Waals surface area contributed by atoms with Gasteiger partial charge in [0.2, 0.25) is 0 Å². The number of benzene rings is 1. The van der Waals surface area contributed by atoms with Crippen LogP contribution in [0.1, 0.15) is 25.5 Å². The molecule has 0 saturated heterocycles. The second-order valence-corrected chi connectivity index (χ2v) is 4.17. The molecule has 3 heteroatoms. The molecular weight excluding hydrogens is 190 g/mol. The Labute approximate surface area is 90.2 Å². The van der Waals surface area contributed by atoms with E-state index in [0.717, 1.165) is 17.1 Å². The molecule has 0 amide bonds. The predicted molar refractivity (Wildman–Crippen MR) is 59.2 cm³/mol. The Morgan fingerprint density at radius 3 is 2.47 bits per heavy atom. The van der Waals surface area contributed by atoms with Crippen molar-refractivity contribution in [1.82, 2.24) is 0 Å². The fraction of sp³-hybridized carbons (Fsp3) is 0.500. The largest absolute Gasteiger partial charge is 0.486 e. The lowest BCUT2D eigenvalue weighted by Crippen LogP contribution is -2.19. The molecule has 82 valence electrons. The van der Waals surface area contributed by atoms with Crippen molar-refractivity contribution in [1.29, 1.82) is 0 Å². The molecule has 0 aliphatic carbocycles. The molecule has 1 unspecified atom stereocenters. The Balaban J connectivity index is 2.27. The van der Waals surface area contributed by atoms with E-state index in [9.17, 15) is 0 Å². The van der Waals surface area contributed by atoms with Gasteiger partial charge in [0.25, 0.3) is 0 Å². The summed E-state index contributed by atoms with van der Waals surface area (Å²) in [5.74, 6) is 2.06. The molecule has 0 aromatic heterocycles. The number of hydrogen-bond acceptors (Lipinski definition) is 3. The third-order valence-corrected chi connectivity index (χ3v) is 2.67. The SMILES string of the molecule is CC(C)C(N)c1ccc2c(c1)OCCO2. The van der Waals surface area contributed by atoms with E-state index in [1.807, 2.05) is 18.2 Å². The van der Waals surface area contributed by atoms with Crippen molar-refractivity contribution in [3.63, 3.8) is 0 Å². The first-order valence-corrected chi connectivity index (χ1v) is 5.33. The van der Waals surface area contributed by atoms with E-state index >= 15 is 0 Å².